The molecule has 0 aromatic heterocycles. The highest BCUT2D eigenvalue weighted by atomic mass is 15.1. The zero-order valence-electron chi connectivity index (χ0n) is 16.2. The molecular formula is C24H33N. The highest BCUT2D eigenvalue weighted by Gasteiger charge is 2.38. The van der Waals surface area contributed by atoms with E-state index in [2.05, 4.69) is 74.9 Å². The molecule has 1 fully saturated rings. The van der Waals surface area contributed by atoms with E-state index in [0.29, 0.717) is 5.92 Å². The average molecular weight is 336 g/mol. The standard InChI is InChI=1S/C24H33N/c1-5-6-9-19-12-13-20-10-7-8-11-22(20)23(24(2,3)18-19)21-14-16-25(4)17-15-21/h5-11,18,21,23H,1,12-17H2,2-4H3/b9-6-,19-18?. The molecule has 134 valence electrons. The molecule has 1 heterocycles. The lowest BCUT2D eigenvalue weighted by Crippen LogP contribution is -2.37. The van der Waals surface area contributed by atoms with Gasteiger partial charge in [0.15, 0.2) is 0 Å². The van der Waals surface area contributed by atoms with E-state index < -0.39 is 0 Å². The largest absolute Gasteiger partial charge is 0.306 e. The van der Waals surface area contributed by atoms with Crippen LogP contribution in [0.2, 0.25) is 0 Å². The number of aryl methyl sites for hydroxylation is 1. The van der Waals surface area contributed by atoms with Gasteiger partial charge in [-0.25, -0.2) is 0 Å². The summed E-state index contributed by atoms with van der Waals surface area (Å²) < 4.78 is 0. The fraction of sp³-hybridized carbons (Fsp3) is 0.500. The van der Waals surface area contributed by atoms with E-state index in [-0.39, 0.29) is 5.41 Å². The lowest BCUT2D eigenvalue weighted by molar-refractivity contribution is 0.156. The summed E-state index contributed by atoms with van der Waals surface area (Å²) in [4.78, 5) is 2.48. The van der Waals surface area contributed by atoms with Crippen LogP contribution < -0.4 is 0 Å². The number of piperidine rings is 1. The van der Waals surface area contributed by atoms with Crippen LogP contribution >= 0.6 is 0 Å². The van der Waals surface area contributed by atoms with Crippen molar-refractivity contribution in [1.29, 1.82) is 0 Å². The molecule has 1 heteroatoms. The van der Waals surface area contributed by atoms with Crippen molar-refractivity contribution in [1.82, 2.24) is 4.90 Å². The summed E-state index contributed by atoms with van der Waals surface area (Å²) in [5, 5.41) is 0. The molecule has 2 aliphatic rings. The van der Waals surface area contributed by atoms with Crippen LogP contribution in [0.15, 0.2) is 60.7 Å². The predicted octanol–water partition coefficient (Wildman–Crippen LogP) is 5.75. The Hall–Kier alpha value is -1.60. The van der Waals surface area contributed by atoms with E-state index in [9.17, 15) is 0 Å². The van der Waals surface area contributed by atoms with Crippen LogP contribution in [-0.4, -0.2) is 25.0 Å². The third-order valence-corrected chi connectivity index (χ3v) is 6.11. The number of rotatable bonds is 3. The van der Waals surface area contributed by atoms with Crippen LogP contribution in [0, 0.1) is 11.3 Å². The molecule has 1 unspecified atom stereocenters. The van der Waals surface area contributed by atoms with Gasteiger partial charge in [0.05, 0.1) is 0 Å². The van der Waals surface area contributed by atoms with E-state index in [1.54, 1.807) is 11.1 Å². The Labute approximate surface area is 154 Å². The van der Waals surface area contributed by atoms with Gasteiger partial charge in [-0.05, 0) is 74.2 Å². The summed E-state index contributed by atoms with van der Waals surface area (Å²) in [6.07, 6.45) is 13.7. The highest BCUT2D eigenvalue weighted by Crippen LogP contribution is 2.48. The Morgan fingerprint density at radius 1 is 1.12 bits per heavy atom. The van der Waals surface area contributed by atoms with E-state index in [1.165, 1.54) is 31.5 Å². The molecule has 0 bridgehead atoms. The van der Waals surface area contributed by atoms with Gasteiger partial charge in [0.2, 0.25) is 0 Å². The van der Waals surface area contributed by atoms with Crippen LogP contribution in [0.1, 0.15) is 50.2 Å². The zero-order valence-corrected chi connectivity index (χ0v) is 16.2. The fourth-order valence-corrected chi connectivity index (χ4v) is 4.93. The first kappa shape index (κ1) is 18.2. The Morgan fingerprint density at radius 3 is 2.56 bits per heavy atom. The normalized spacial score (nSPS) is 25.1. The maximum Gasteiger partial charge on any atom is -0.00189 e. The number of hydrogen-bond donors (Lipinski definition) is 0. The topological polar surface area (TPSA) is 3.24 Å². The SMILES string of the molecule is C=C/C=C\C1=CC(C)(C)C(C2CCN(C)CC2)c2ccccc2CC1. The van der Waals surface area contributed by atoms with Crippen molar-refractivity contribution < 1.29 is 0 Å². The second kappa shape index (κ2) is 7.74. The van der Waals surface area contributed by atoms with Gasteiger partial charge in [-0.15, -0.1) is 0 Å². The molecule has 0 saturated carbocycles. The molecule has 0 spiro atoms. The number of benzene rings is 1. The Kier molecular flexibility index (Phi) is 5.64. The average Bonchev–Trinajstić information content (AvgIpc) is 2.59. The molecule has 1 aliphatic heterocycles. The lowest BCUT2D eigenvalue weighted by Gasteiger charge is -2.43. The summed E-state index contributed by atoms with van der Waals surface area (Å²) >= 11 is 0. The van der Waals surface area contributed by atoms with Gasteiger partial charge < -0.3 is 4.90 Å². The third-order valence-electron chi connectivity index (χ3n) is 6.11. The number of fused-ring (bicyclic) bond motifs is 1. The van der Waals surface area contributed by atoms with Gasteiger partial charge in [0.25, 0.3) is 0 Å². The van der Waals surface area contributed by atoms with Crippen molar-refractivity contribution in [2.45, 2.75) is 45.4 Å². The second-order valence-corrected chi connectivity index (χ2v) is 8.45. The smallest absolute Gasteiger partial charge is 0.00189 e. The van der Waals surface area contributed by atoms with Crippen LogP contribution in [0.5, 0.6) is 0 Å². The van der Waals surface area contributed by atoms with Crippen molar-refractivity contribution in [2.24, 2.45) is 11.3 Å². The maximum absolute atomic E-state index is 3.84. The summed E-state index contributed by atoms with van der Waals surface area (Å²) in [6, 6.07) is 9.20. The molecule has 0 N–H and O–H groups in total. The fourth-order valence-electron chi connectivity index (χ4n) is 4.93. The Morgan fingerprint density at radius 2 is 1.84 bits per heavy atom. The van der Waals surface area contributed by atoms with E-state index in [4.69, 9.17) is 0 Å². The minimum atomic E-state index is 0.165. The van der Waals surface area contributed by atoms with Crippen LogP contribution in [0.3, 0.4) is 0 Å². The molecule has 1 aliphatic carbocycles. The molecule has 3 rings (SSSR count). The van der Waals surface area contributed by atoms with Crippen molar-refractivity contribution >= 4 is 0 Å². The first-order valence-electron chi connectivity index (χ1n) is 9.78. The molecule has 0 radical (unpaired) electrons. The monoisotopic (exact) mass is 335 g/mol. The van der Waals surface area contributed by atoms with Gasteiger partial charge >= 0.3 is 0 Å². The van der Waals surface area contributed by atoms with E-state index >= 15 is 0 Å². The summed E-state index contributed by atoms with van der Waals surface area (Å²) in [5.41, 5.74) is 4.78. The molecule has 1 aromatic carbocycles. The van der Waals surface area contributed by atoms with Gasteiger partial charge in [-0.3, -0.25) is 0 Å². The lowest BCUT2D eigenvalue weighted by atomic mass is 9.63. The van der Waals surface area contributed by atoms with Crippen molar-refractivity contribution in [3.8, 4) is 0 Å². The van der Waals surface area contributed by atoms with Gasteiger partial charge in [0, 0.05) is 0 Å². The first-order chi connectivity index (χ1) is 12.0. The van der Waals surface area contributed by atoms with Crippen molar-refractivity contribution in [3.63, 3.8) is 0 Å². The maximum atomic E-state index is 3.84. The molecule has 1 saturated heterocycles. The van der Waals surface area contributed by atoms with Crippen LogP contribution in [-0.2, 0) is 6.42 Å². The predicted molar refractivity (Wildman–Crippen MR) is 109 cm³/mol. The molecule has 0 amide bonds. The van der Waals surface area contributed by atoms with E-state index in [0.717, 1.165) is 18.8 Å². The highest BCUT2D eigenvalue weighted by molar-refractivity contribution is 5.38. The Bertz CT molecular complexity index is 656. The van der Waals surface area contributed by atoms with Crippen molar-refractivity contribution in [2.75, 3.05) is 20.1 Å². The molecule has 25 heavy (non-hydrogen) atoms. The number of hydrogen-bond acceptors (Lipinski definition) is 1. The molecule has 1 aromatic rings. The molecule has 1 atom stereocenters. The van der Waals surface area contributed by atoms with Crippen molar-refractivity contribution in [3.05, 3.63) is 71.8 Å². The minimum absolute atomic E-state index is 0.165. The van der Waals surface area contributed by atoms with Gasteiger partial charge in [0.1, 0.15) is 0 Å². The molecular weight excluding hydrogens is 302 g/mol. The molecule has 1 nitrogen and oxygen atoms in total. The third kappa shape index (κ3) is 4.15. The van der Waals surface area contributed by atoms with Gasteiger partial charge in [-0.2, -0.15) is 0 Å². The number of likely N-dealkylation sites (tertiary alicyclic amines) is 1. The zero-order chi connectivity index (χ0) is 17.9. The summed E-state index contributed by atoms with van der Waals surface area (Å²) in [5.74, 6) is 1.37. The summed E-state index contributed by atoms with van der Waals surface area (Å²) in [6.45, 7) is 11.2. The van der Waals surface area contributed by atoms with E-state index in [1.807, 2.05) is 6.08 Å². The minimum Gasteiger partial charge on any atom is -0.306 e. The van der Waals surface area contributed by atoms with Crippen LogP contribution in [0.25, 0.3) is 0 Å². The number of nitrogens with zero attached hydrogens (tertiary/aromatic N) is 1. The van der Waals surface area contributed by atoms with Gasteiger partial charge in [-0.1, -0.05) is 74.6 Å². The summed E-state index contributed by atoms with van der Waals surface area (Å²) in [7, 11) is 2.26. The van der Waals surface area contributed by atoms with Crippen LogP contribution in [0.4, 0.5) is 0 Å². The Balaban J connectivity index is 2.03. The second-order valence-electron chi connectivity index (χ2n) is 8.45. The quantitative estimate of drug-likeness (QED) is 0.635. The number of allylic oxidation sites excluding steroid dienone is 5. The first-order valence-corrected chi connectivity index (χ1v) is 9.78.